The van der Waals surface area contributed by atoms with Crippen LogP contribution in [-0.2, 0) is 5.41 Å². The molecule has 4 aromatic heterocycles. The lowest BCUT2D eigenvalue weighted by Crippen LogP contribution is -2.14. The molecule has 5 nitrogen and oxygen atoms in total. The lowest BCUT2D eigenvalue weighted by Gasteiger charge is -2.22. The number of aromatic nitrogens is 4. The van der Waals surface area contributed by atoms with Gasteiger partial charge in [0.05, 0.1) is 22.1 Å². The molecule has 0 spiro atoms. The summed E-state index contributed by atoms with van der Waals surface area (Å²) in [7, 11) is 0. The van der Waals surface area contributed by atoms with Crippen LogP contribution in [0.1, 0.15) is 25.0 Å². The minimum absolute atomic E-state index is 0.0285. The maximum Gasteiger partial charge on any atom is 0.234 e. The Bertz CT molecular complexity index is 3310. The summed E-state index contributed by atoms with van der Waals surface area (Å²) in [6.45, 7) is 4.68. The van der Waals surface area contributed by atoms with E-state index in [0.29, 0.717) is 0 Å². The number of benzene rings is 7. The maximum atomic E-state index is 6.41. The molecule has 0 unspecified atom stereocenters. The van der Waals surface area contributed by atoms with E-state index in [0.717, 1.165) is 55.9 Å². The summed E-state index contributed by atoms with van der Waals surface area (Å²) < 4.78 is 13.2. The van der Waals surface area contributed by atoms with E-state index in [2.05, 4.69) is 167 Å². The number of para-hydroxylation sites is 4. The molecule has 0 radical (unpaired) electrons. The Morgan fingerprint density at radius 1 is 0.491 bits per heavy atom. The van der Waals surface area contributed by atoms with Gasteiger partial charge in [0.25, 0.3) is 0 Å². The van der Waals surface area contributed by atoms with Gasteiger partial charge in [0.2, 0.25) is 11.5 Å². The molecule has 0 atom stereocenters. The van der Waals surface area contributed by atoms with Crippen LogP contribution in [0.5, 0.6) is 0 Å². The largest absolute Gasteiger partial charge is 0.437 e. The highest BCUT2D eigenvalue weighted by Crippen LogP contribution is 2.49. The van der Waals surface area contributed by atoms with E-state index in [-0.39, 0.29) is 5.41 Å². The summed E-state index contributed by atoms with van der Waals surface area (Å²) in [5.74, 6) is 0.836. The second-order valence-electron chi connectivity index (χ2n) is 14.9. The summed E-state index contributed by atoms with van der Waals surface area (Å²) in [4.78, 5) is 5.21. The minimum Gasteiger partial charge on any atom is -0.437 e. The van der Waals surface area contributed by atoms with Crippen LogP contribution < -0.4 is 0 Å². The highest BCUT2D eigenvalue weighted by molar-refractivity contribution is 6.10. The fourth-order valence-electron chi connectivity index (χ4n) is 9.16. The molecule has 7 aromatic carbocycles. The van der Waals surface area contributed by atoms with Crippen molar-refractivity contribution < 1.29 is 4.42 Å². The van der Waals surface area contributed by atoms with Crippen LogP contribution in [0, 0.1) is 0 Å². The first-order valence-electron chi connectivity index (χ1n) is 18.2. The summed E-state index contributed by atoms with van der Waals surface area (Å²) >= 11 is 0. The average molecular weight is 681 g/mol. The Morgan fingerprint density at radius 2 is 1.15 bits per heavy atom. The Morgan fingerprint density at radius 3 is 2.02 bits per heavy atom. The third-order valence-electron chi connectivity index (χ3n) is 11.7. The standard InChI is InChI=1S/C48H32N4O/c1-48(2)38-14-6-3-11-33(38)34-25-21-30(27-39(34)48)29-19-22-31(23-20-29)50-40-15-7-4-12-35(40)37-28-32(24-26-41(37)50)51-42-16-8-9-17-43(42)52-46-45(49-47(51)52)36-13-5-10-18-44(36)53-46/h3-28H,1-2H3. The molecule has 0 fully saturated rings. The van der Waals surface area contributed by atoms with Crippen molar-refractivity contribution >= 4 is 60.8 Å². The number of furan rings is 1. The molecule has 0 aliphatic heterocycles. The number of imidazole rings is 2. The molecule has 0 saturated heterocycles. The van der Waals surface area contributed by atoms with E-state index in [9.17, 15) is 0 Å². The monoisotopic (exact) mass is 680 g/mol. The van der Waals surface area contributed by atoms with Gasteiger partial charge in [-0.3, -0.25) is 4.57 Å². The third-order valence-corrected chi connectivity index (χ3v) is 11.7. The number of nitrogens with zero attached hydrogens (tertiary/aromatic N) is 4. The highest BCUT2D eigenvalue weighted by atomic mass is 16.3. The fraction of sp³-hybridized carbons (Fsp3) is 0.0625. The molecule has 0 N–H and O–H groups in total. The van der Waals surface area contributed by atoms with E-state index < -0.39 is 0 Å². The van der Waals surface area contributed by atoms with Crippen molar-refractivity contribution in [2.45, 2.75) is 19.3 Å². The van der Waals surface area contributed by atoms with Crippen LogP contribution in [0.2, 0.25) is 0 Å². The quantitative estimate of drug-likeness (QED) is 0.186. The van der Waals surface area contributed by atoms with Crippen molar-refractivity contribution in [1.82, 2.24) is 18.5 Å². The molecular weight excluding hydrogens is 649 g/mol. The van der Waals surface area contributed by atoms with Gasteiger partial charge in [-0.1, -0.05) is 105 Å². The smallest absolute Gasteiger partial charge is 0.234 e. The number of rotatable bonds is 3. The number of hydrogen-bond acceptors (Lipinski definition) is 2. The highest BCUT2D eigenvalue weighted by Gasteiger charge is 2.35. The molecule has 53 heavy (non-hydrogen) atoms. The summed E-state index contributed by atoms with van der Waals surface area (Å²) in [5.41, 5.74) is 17.1. The van der Waals surface area contributed by atoms with Gasteiger partial charge in [-0.05, 0) is 100 Å². The van der Waals surface area contributed by atoms with Gasteiger partial charge in [0, 0.05) is 32.9 Å². The Hall–Kier alpha value is -6.85. The molecule has 1 aliphatic carbocycles. The normalized spacial score (nSPS) is 13.6. The summed E-state index contributed by atoms with van der Waals surface area (Å²) in [6, 6.07) is 57.0. The van der Waals surface area contributed by atoms with Crippen molar-refractivity contribution in [3.05, 3.63) is 169 Å². The second-order valence-corrected chi connectivity index (χ2v) is 14.9. The molecule has 0 amide bonds. The van der Waals surface area contributed by atoms with Crippen LogP contribution in [0.25, 0.3) is 94.4 Å². The molecule has 0 bridgehead atoms. The van der Waals surface area contributed by atoms with Crippen molar-refractivity contribution in [2.24, 2.45) is 0 Å². The van der Waals surface area contributed by atoms with Crippen molar-refractivity contribution in [3.8, 4) is 33.6 Å². The molecular formula is C48H32N4O. The van der Waals surface area contributed by atoms with Gasteiger partial charge in [0.1, 0.15) is 11.1 Å². The predicted octanol–water partition coefficient (Wildman–Crippen LogP) is 12.2. The van der Waals surface area contributed by atoms with Gasteiger partial charge in [-0.15, -0.1) is 0 Å². The van der Waals surface area contributed by atoms with Gasteiger partial charge in [-0.25, -0.2) is 9.38 Å². The molecule has 4 heterocycles. The topological polar surface area (TPSA) is 40.3 Å². The Balaban J connectivity index is 1.000. The van der Waals surface area contributed by atoms with Crippen molar-refractivity contribution in [3.63, 3.8) is 0 Å². The summed E-state index contributed by atoms with van der Waals surface area (Å²) in [6.07, 6.45) is 0. The molecule has 12 rings (SSSR count). The summed E-state index contributed by atoms with van der Waals surface area (Å²) in [5, 5.41) is 3.43. The van der Waals surface area contributed by atoms with Gasteiger partial charge in [-0.2, -0.15) is 0 Å². The van der Waals surface area contributed by atoms with Gasteiger partial charge >= 0.3 is 0 Å². The van der Waals surface area contributed by atoms with E-state index in [1.807, 2.05) is 18.2 Å². The van der Waals surface area contributed by atoms with E-state index in [1.54, 1.807) is 0 Å². The van der Waals surface area contributed by atoms with Crippen molar-refractivity contribution in [2.75, 3.05) is 0 Å². The fourth-order valence-corrected chi connectivity index (χ4v) is 9.16. The maximum absolute atomic E-state index is 6.41. The second kappa shape index (κ2) is 10.1. The average Bonchev–Trinajstić information content (AvgIpc) is 3.97. The number of hydrogen-bond donors (Lipinski definition) is 0. The van der Waals surface area contributed by atoms with E-state index >= 15 is 0 Å². The van der Waals surface area contributed by atoms with Crippen LogP contribution >= 0.6 is 0 Å². The molecule has 5 heteroatoms. The first-order valence-corrected chi connectivity index (χ1v) is 18.2. The van der Waals surface area contributed by atoms with Gasteiger partial charge < -0.3 is 8.98 Å². The third kappa shape index (κ3) is 3.78. The van der Waals surface area contributed by atoms with Crippen LogP contribution in [0.15, 0.2) is 162 Å². The van der Waals surface area contributed by atoms with Crippen molar-refractivity contribution in [1.29, 1.82) is 0 Å². The Kier molecular flexibility index (Phi) is 5.51. The zero-order valence-corrected chi connectivity index (χ0v) is 29.2. The SMILES string of the molecule is CC1(C)c2ccccc2-c2ccc(-c3ccc(-n4c5ccccc5c5cc(-n6c7ccccc7n7c8oc9ccccc9c8nc67)ccc54)cc3)cc21. The van der Waals surface area contributed by atoms with E-state index in [1.165, 1.54) is 49.7 Å². The zero-order chi connectivity index (χ0) is 35.0. The van der Waals surface area contributed by atoms with Crippen LogP contribution in [-0.4, -0.2) is 18.5 Å². The predicted molar refractivity (Wildman–Crippen MR) is 217 cm³/mol. The molecule has 0 saturated carbocycles. The lowest BCUT2D eigenvalue weighted by molar-refractivity contribution is 0.651. The van der Waals surface area contributed by atoms with Gasteiger partial charge in [0.15, 0.2) is 0 Å². The first kappa shape index (κ1) is 28.8. The van der Waals surface area contributed by atoms with E-state index in [4.69, 9.17) is 9.40 Å². The molecule has 11 aromatic rings. The molecule has 250 valence electrons. The Labute approximate surface area is 304 Å². The number of fused-ring (bicyclic) bond motifs is 13. The minimum atomic E-state index is -0.0285. The zero-order valence-electron chi connectivity index (χ0n) is 29.2. The first-order chi connectivity index (χ1) is 26.0. The van der Waals surface area contributed by atoms with Crippen LogP contribution in [0.4, 0.5) is 0 Å². The van der Waals surface area contributed by atoms with Crippen LogP contribution in [0.3, 0.4) is 0 Å². The molecule has 1 aliphatic rings. The lowest BCUT2D eigenvalue weighted by atomic mass is 9.81.